The van der Waals surface area contributed by atoms with Gasteiger partial charge in [0.1, 0.15) is 5.84 Å². The monoisotopic (exact) mass is 204 g/mol. The standard InChI is InChI=1S/C8H7F3N2O/c9-5-2-1-4(3-6(12)13-14)7(10)8(5)11/h1-2,14H,3H2,(H2,12,13). The maximum atomic E-state index is 13.0. The lowest BCUT2D eigenvalue weighted by Crippen LogP contribution is -2.16. The van der Waals surface area contributed by atoms with Gasteiger partial charge in [-0.3, -0.25) is 0 Å². The Labute approximate surface area is 77.6 Å². The summed E-state index contributed by atoms with van der Waals surface area (Å²) in [5, 5.41) is 10.8. The molecule has 0 heterocycles. The summed E-state index contributed by atoms with van der Waals surface area (Å²) in [6.07, 6.45) is -0.278. The minimum atomic E-state index is -1.56. The van der Waals surface area contributed by atoms with Crippen LogP contribution in [0.1, 0.15) is 5.56 Å². The van der Waals surface area contributed by atoms with E-state index in [-0.39, 0.29) is 17.8 Å². The van der Waals surface area contributed by atoms with Crippen LogP contribution in [0.15, 0.2) is 17.3 Å². The number of oxime groups is 1. The number of halogens is 3. The molecule has 0 bridgehead atoms. The van der Waals surface area contributed by atoms with Gasteiger partial charge in [-0.2, -0.15) is 0 Å². The van der Waals surface area contributed by atoms with E-state index >= 15 is 0 Å². The van der Waals surface area contributed by atoms with E-state index in [1.165, 1.54) is 0 Å². The van der Waals surface area contributed by atoms with E-state index in [1.54, 1.807) is 0 Å². The minimum Gasteiger partial charge on any atom is -0.409 e. The lowest BCUT2D eigenvalue weighted by atomic mass is 10.1. The predicted octanol–water partition coefficient (Wildman–Crippen LogP) is 1.39. The molecule has 1 aromatic carbocycles. The Morgan fingerprint density at radius 3 is 2.50 bits per heavy atom. The molecule has 0 atom stereocenters. The van der Waals surface area contributed by atoms with Crippen LogP contribution in [0.5, 0.6) is 0 Å². The first-order chi connectivity index (χ1) is 6.56. The molecule has 1 rings (SSSR count). The van der Waals surface area contributed by atoms with E-state index in [9.17, 15) is 13.2 Å². The van der Waals surface area contributed by atoms with Gasteiger partial charge >= 0.3 is 0 Å². The summed E-state index contributed by atoms with van der Waals surface area (Å²) in [5.41, 5.74) is 4.91. The topological polar surface area (TPSA) is 58.6 Å². The normalized spacial score (nSPS) is 11.8. The van der Waals surface area contributed by atoms with Crippen molar-refractivity contribution in [3.8, 4) is 0 Å². The first-order valence-electron chi connectivity index (χ1n) is 3.65. The summed E-state index contributed by atoms with van der Waals surface area (Å²) in [5.74, 6) is -4.44. The van der Waals surface area contributed by atoms with Crippen LogP contribution >= 0.6 is 0 Å². The molecule has 14 heavy (non-hydrogen) atoms. The van der Waals surface area contributed by atoms with Crippen molar-refractivity contribution in [3.05, 3.63) is 35.1 Å². The smallest absolute Gasteiger partial charge is 0.194 e. The van der Waals surface area contributed by atoms with Crippen molar-refractivity contribution < 1.29 is 18.4 Å². The fraction of sp³-hybridized carbons (Fsp3) is 0.125. The Morgan fingerprint density at radius 1 is 1.29 bits per heavy atom. The van der Waals surface area contributed by atoms with Crippen molar-refractivity contribution >= 4 is 5.84 Å². The first-order valence-corrected chi connectivity index (χ1v) is 3.65. The van der Waals surface area contributed by atoms with Crippen LogP contribution in [0.2, 0.25) is 0 Å². The third-order valence-corrected chi connectivity index (χ3v) is 1.62. The van der Waals surface area contributed by atoms with E-state index in [0.717, 1.165) is 12.1 Å². The highest BCUT2D eigenvalue weighted by Gasteiger charge is 2.13. The number of nitrogens with zero attached hydrogens (tertiary/aromatic N) is 1. The first kappa shape index (κ1) is 10.4. The zero-order valence-electron chi connectivity index (χ0n) is 6.97. The SMILES string of the molecule is NC(Cc1ccc(F)c(F)c1F)=NO. The Bertz CT molecular complexity index is 379. The molecule has 3 nitrogen and oxygen atoms in total. The fourth-order valence-corrected chi connectivity index (χ4v) is 0.933. The van der Waals surface area contributed by atoms with Crippen molar-refractivity contribution in [1.29, 1.82) is 0 Å². The summed E-state index contributed by atoms with van der Waals surface area (Å²) in [4.78, 5) is 0. The molecule has 6 heteroatoms. The van der Waals surface area contributed by atoms with Crippen LogP contribution in [-0.2, 0) is 6.42 Å². The molecule has 3 N–H and O–H groups in total. The number of nitrogens with two attached hydrogens (primary N) is 1. The molecular formula is C8H7F3N2O. The maximum absolute atomic E-state index is 13.0. The van der Waals surface area contributed by atoms with E-state index in [1.807, 2.05) is 0 Å². The van der Waals surface area contributed by atoms with Crippen LogP contribution < -0.4 is 5.73 Å². The van der Waals surface area contributed by atoms with Crippen LogP contribution in [0.4, 0.5) is 13.2 Å². The van der Waals surface area contributed by atoms with Gasteiger partial charge in [0.2, 0.25) is 0 Å². The van der Waals surface area contributed by atoms with Gasteiger partial charge in [0.15, 0.2) is 17.5 Å². The van der Waals surface area contributed by atoms with Gasteiger partial charge in [-0.1, -0.05) is 11.2 Å². The predicted molar refractivity (Wildman–Crippen MR) is 43.4 cm³/mol. The molecule has 0 aromatic heterocycles. The minimum absolute atomic E-state index is 0.167. The second-order valence-corrected chi connectivity index (χ2v) is 2.60. The van der Waals surface area contributed by atoms with Crippen molar-refractivity contribution in [2.24, 2.45) is 10.9 Å². The van der Waals surface area contributed by atoms with Crippen LogP contribution in [0, 0.1) is 17.5 Å². The zero-order valence-corrected chi connectivity index (χ0v) is 6.97. The Morgan fingerprint density at radius 2 is 1.93 bits per heavy atom. The summed E-state index contributed by atoms with van der Waals surface area (Å²) < 4.78 is 38.1. The second-order valence-electron chi connectivity index (χ2n) is 2.60. The fourth-order valence-electron chi connectivity index (χ4n) is 0.933. The van der Waals surface area contributed by atoms with Crippen LogP contribution in [-0.4, -0.2) is 11.0 Å². The highest BCUT2D eigenvalue weighted by molar-refractivity contribution is 5.82. The van der Waals surface area contributed by atoms with Crippen molar-refractivity contribution in [2.75, 3.05) is 0 Å². The lowest BCUT2D eigenvalue weighted by Gasteiger charge is -2.02. The van der Waals surface area contributed by atoms with Gasteiger partial charge in [-0.05, 0) is 11.6 Å². The third kappa shape index (κ3) is 1.95. The Balaban J connectivity index is 3.06. The molecular weight excluding hydrogens is 197 g/mol. The number of rotatable bonds is 2. The molecule has 0 unspecified atom stereocenters. The molecule has 0 saturated carbocycles. The van der Waals surface area contributed by atoms with E-state index in [2.05, 4.69) is 5.16 Å². The van der Waals surface area contributed by atoms with Gasteiger partial charge in [0.05, 0.1) is 0 Å². The molecule has 0 spiro atoms. The number of benzene rings is 1. The lowest BCUT2D eigenvalue weighted by molar-refractivity contribution is 0.317. The van der Waals surface area contributed by atoms with Crippen molar-refractivity contribution in [3.63, 3.8) is 0 Å². The van der Waals surface area contributed by atoms with E-state index in [0.29, 0.717) is 0 Å². The summed E-state index contributed by atoms with van der Waals surface area (Å²) >= 11 is 0. The van der Waals surface area contributed by atoms with Crippen LogP contribution in [0.25, 0.3) is 0 Å². The highest BCUT2D eigenvalue weighted by atomic mass is 19.2. The second kappa shape index (κ2) is 3.99. The molecule has 0 aliphatic carbocycles. The molecule has 1 aromatic rings. The molecule has 0 amide bonds. The quantitative estimate of drug-likeness (QED) is 0.251. The van der Waals surface area contributed by atoms with Gasteiger partial charge in [0, 0.05) is 6.42 Å². The molecule has 0 saturated heterocycles. The van der Waals surface area contributed by atoms with E-state index in [4.69, 9.17) is 10.9 Å². The molecule has 0 aliphatic heterocycles. The largest absolute Gasteiger partial charge is 0.409 e. The van der Waals surface area contributed by atoms with Gasteiger partial charge < -0.3 is 10.9 Å². The summed E-state index contributed by atoms with van der Waals surface area (Å²) in [7, 11) is 0. The Hall–Kier alpha value is -1.72. The highest BCUT2D eigenvalue weighted by Crippen LogP contribution is 2.15. The number of hydrogen-bond acceptors (Lipinski definition) is 2. The van der Waals surface area contributed by atoms with Gasteiger partial charge in [0.25, 0.3) is 0 Å². The summed E-state index contributed by atoms with van der Waals surface area (Å²) in [6, 6.07) is 1.81. The average Bonchev–Trinajstić information content (AvgIpc) is 2.19. The number of hydrogen-bond donors (Lipinski definition) is 2. The Kier molecular flexibility index (Phi) is 2.95. The molecule has 0 aliphatic rings. The van der Waals surface area contributed by atoms with E-state index < -0.39 is 17.5 Å². The van der Waals surface area contributed by atoms with Crippen molar-refractivity contribution in [1.82, 2.24) is 0 Å². The number of amidine groups is 1. The molecule has 76 valence electrons. The molecule has 0 radical (unpaired) electrons. The van der Waals surface area contributed by atoms with Crippen molar-refractivity contribution in [2.45, 2.75) is 6.42 Å². The molecule has 0 fully saturated rings. The average molecular weight is 204 g/mol. The third-order valence-electron chi connectivity index (χ3n) is 1.62. The zero-order chi connectivity index (χ0) is 10.7. The van der Waals surface area contributed by atoms with Crippen LogP contribution in [0.3, 0.4) is 0 Å². The van der Waals surface area contributed by atoms with Gasteiger partial charge in [-0.25, -0.2) is 13.2 Å². The van der Waals surface area contributed by atoms with Gasteiger partial charge in [-0.15, -0.1) is 0 Å². The maximum Gasteiger partial charge on any atom is 0.194 e. The summed E-state index contributed by atoms with van der Waals surface area (Å²) in [6.45, 7) is 0.